The zero-order valence-electron chi connectivity index (χ0n) is 15.3. The minimum Gasteiger partial charge on any atom is -0.393 e. The fourth-order valence-electron chi connectivity index (χ4n) is 3.93. The van der Waals surface area contributed by atoms with Crippen molar-refractivity contribution in [3.8, 4) is 6.07 Å². The predicted octanol–water partition coefficient (Wildman–Crippen LogP) is 0.772. The van der Waals surface area contributed by atoms with Gasteiger partial charge < -0.3 is 10.0 Å². The zero-order chi connectivity index (χ0) is 17.7. The number of carbonyl (C=O) groups excluding carboxylic acids is 1. The molecule has 1 N–H and O–H groups in total. The highest BCUT2D eigenvalue weighted by molar-refractivity contribution is 5.78. The molecule has 6 nitrogen and oxygen atoms in total. The Bertz CT molecular complexity index is 454. The third-order valence-corrected chi connectivity index (χ3v) is 5.39. The third kappa shape index (κ3) is 4.92. The summed E-state index contributed by atoms with van der Waals surface area (Å²) in [6, 6.07) is 2.32. The summed E-state index contributed by atoms with van der Waals surface area (Å²) >= 11 is 0. The van der Waals surface area contributed by atoms with Crippen LogP contribution in [0, 0.1) is 23.2 Å². The van der Waals surface area contributed by atoms with Gasteiger partial charge in [0.15, 0.2) is 0 Å². The molecular weight excluding hydrogens is 304 g/mol. The van der Waals surface area contributed by atoms with Crippen molar-refractivity contribution in [3.05, 3.63) is 0 Å². The number of nitrogens with zero attached hydrogens (tertiary/aromatic N) is 4. The predicted molar refractivity (Wildman–Crippen MR) is 93.2 cm³/mol. The van der Waals surface area contributed by atoms with Crippen molar-refractivity contribution in [1.29, 1.82) is 5.26 Å². The Labute approximate surface area is 146 Å². The topological polar surface area (TPSA) is 70.8 Å². The van der Waals surface area contributed by atoms with Crippen LogP contribution in [0.5, 0.6) is 0 Å². The van der Waals surface area contributed by atoms with Crippen molar-refractivity contribution in [2.45, 2.75) is 45.3 Å². The van der Waals surface area contributed by atoms with Crippen LogP contribution < -0.4 is 0 Å². The van der Waals surface area contributed by atoms with E-state index < -0.39 is 0 Å². The Kier molecular flexibility index (Phi) is 7.02. The van der Waals surface area contributed by atoms with Crippen LogP contribution >= 0.6 is 0 Å². The fourth-order valence-corrected chi connectivity index (χ4v) is 3.93. The van der Waals surface area contributed by atoms with E-state index in [1.54, 1.807) is 0 Å². The average molecular weight is 336 g/mol. The first kappa shape index (κ1) is 19.2. The third-order valence-electron chi connectivity index (χ3n) is 5.39. The van der Waals surface area contributed by atoms with Crippen molar-refractivity contribution in [1.82, 2.24) is 14.7 Å². The standard InChI is InChI=1S/C18H32N4O2/c1-14(2)16(11-19)21-7-9-22(10-8-21)18(24)13-20(3)12-15-5-4-6-17(15)23/h14-17,23H,4-10,12-13H2,1-3H3/t15-,16+,17-/m1/s1. The Hall–Kier alpha value is -1.16. The van der Waals surface area contributed by atoms with E-state index in [1.165, 1.54) is 0 Å². The molecule has 136 valence electrons. The van der Waals surface area contributed by atoms with E-state index in [4.69, 9.17) is 0 Å². The van der Waals surface area contributed by atoms with Gasteiger partial charge in [-0.05, 0) is 31.7 Å². The maximum Gasteiger partial charge on any atom is 0.236 e. The first-order valence-electron chi connectivity index (χ1n) is 9.20. The van der Waals surface area contributed by atoms with Crippen molar-refractivity contribution in [2.24, 2.45) is 11.8 Å². The molecule has 1 aliphatic carbocycles. The second kappa shape index (κ2) is 8.80. The molecule has 2 aliphatic rings. The summed E-state index contributed by atoms with van der Waals surface area (Å²) in [5.74, 6) is 0.769. The van der Waals surface area contributed by atoms with Gasteiger partial charge in [-0.15, -0.1) is 0 Å². The summed E-state index contributed by atoms with van der Waals surface area (Å²) in [4.78, 5) is 18.6. The summed E-state index contributed by atoms with van der Waals surface area (Å²) in [6.45, 7) is 8.27. The Balaban J connectivity index is 1.75. The van der Waals surface area contributed by atoms with E-state index in [9.17, 15) is 15.2 Å². The molecule has 1 aliphatic heterocycles. The average Bonchev–Trinajstić information content (AvgIpc) is 2.93. The normalized spacial score (nSPS) is 26.8. The number of hydrogen-bond donors (Lipinski definition) is 1. The summed E-state index contributed by atoms with van der Waals surface area (Å²) in [7, 11) is 1.96. The molecule has 1 saturated carbocycles. The SMILES string of the molecule is CC(C)[C@H](C#N)N1CCN(C(=O)CN(C)C[C@H]2CCC[C@H]2O)CC1. The maximum atomic E-state index is 12.5. The van der Waals surface area contributed by atoms with E-state index >= 15 is 0 Å². The number of likely N-dealkylation sites (N-methyl/N-ethyl adjacent to an activating group) is 1. The highest BCUT2D eigenvalue weighted by Gasteiger charge is 2.29. The summed E-state index contributed by atoms with van der Waals surface area (Å²) < 4.78 is 0. The molecule has 2 rings (SSSR count). The minimum absolute atomic E-state index is 0.0613. The number of rotatable bonds is 6. The first-order chi connectivity index (χ1) is 11.4. The smallest absolute Gasteiger partial charge is 0.236 e. The molecule has 3 atom stereocenters. The number of hydrogen-bond acceptors (Lipinski definition) is 5. The molecule has 0 unspecified atom stereocenters. The van der Waals surface area contributed by atoms with E-state index in [0.717, 1.165) is 38.9 Å². The lowest BCUT2D eigenvalue weighted by molar-refractivity contribution is -0.134. The van der Waals surface area contributed by atoms with Gasteiger partial charge in [0.25, 0.3) is 0 Å². The fraction of sp³-hybridized carbons (Fsp3) is 0.889. The lowest BCUT2D eigenvalue weighted by Gasteiger charge is -2.38. The molecule has 0 aromatic rings. The van der Waals surface area contributed by atoms with Gasteiger partial charge >= 0.3 is 0 Å². The van der Waals surface area contributed by atoms with Crippen molar-refractivity contribution in [2.75, 3.05) is 46.3 Å². The zero-order valence-corrected chi connectivity index (χ0v) is 15.3. The molecule has 0 aromatic heterocycles. The van der Waals surface area contributed by atoms with Gasteiger partial charge in [-0.3, -0.25) is 14.6 Å². The number of carbonyl (C=O) groups is 1. The monoisotopic (exact) mass is 336 g/mol. The molecule has 0 bridgehead atoms. The van der Waals surface area contributed by atoms with Gasteiger partial charge in [0.05, 0.1) is 18.7 Å². The Morgan fingerprint density at radius 1 is 1.29 bits per heavy atom. The van der Waals surface area contributed by atoms with Gasteiger partial charge in [-0.1, -0.05) is 20.3 Å². The van der Waals surface area contributed by atoms with Gasteiger partial charge in [0.2, 0.25) is 5.91 Å². The van der Waals surface area contributed by atoms with E-state index in [2.05, 4.69) is 24.8 Å². The minimum atomic E-state index is -0.204. The first-order valence-corrected chi connectivity index (χ1v) is 9.20. The van der Waals surface area contributed by atoms with Crippen LogP contribution in [0.2, 0.25) is 0 Å². The summed E-state index contributed by atoms with van der Waals surface area (Å²) in [6.07, 6.45) is 2.84. The number of nitriles is 1. The van der Waals surface area contributed by atoms with Gasteiger partial charge in [-0.25, -0.2) is 0 Å². The van der Waals surface area contributed by atoms with Crippen molar-refractivity contribution < 1.29 is 9.90 Å². The molecule has 6 heteroatoms. The lowest BCUT2D eigenvalue weighted by atomic mass is 10.0. The largest absolute Gasteiger partial charge is 0.393 e. The van der Waals surface area contributed by atoms with Crippen LogP contribution in [0.4, 0.5) is 0 Å². The van der Waals surface area contributed by atoms with Crippen LogP contribution in [0.1, 0.15) is 33.1 Å². The lowest BCUT2D eigenvalue weighted by Crippen LogP contribution is -2.54. The summed E-state index contributed by atoms with van der Waals surface area (Å²) in [5.41, 5.74) is 0. The molecule has 0 aromatic carbocycles. The second-order valence-corrected chi connectivity index (χ2v) is 7.69. The molecule has 0 spiro atoms. The quantitative estimate of drug-likeness (QED) is 0.776. The molecule has 1 amide bonds. The van der Waals surface area contributed by atoms with Crippen LogP contribution in [0.15, 0.2) is 0 Å². The van der Waals surface area contributed by atoms with Crippen LogP contribution in [0.25, 0.3) is 0 Å². The number of aliphatic hydroxyl groups excluding tert-OH is 1. The van der Waals surface area contributed by atoms with Gasteiger partial charge in [-0.2, -0.15) is 5.26 Å². The summed E-state index contributed by atoms with van der Waals surface area (Å²) in [5, 5.41) is 19.2. The molecule has 24 heavy (non-hydrogen) atoms. The maximum absolute atomic E-state index is 12.5. The van der Waals surface area contributed by atoms with Crippen LogP contribution in [-0.2, 0) is 4.79 Å². The second-order valence-electron chi connectivity index (χ2n) is 7.69. The number of amides is 1. The number of piperazine rings is 1. The molecule has 1 heterocycles. The van der Waals surface area contributed by atoms with Crippen molar-refractivity contribution >= 4 is 5.91 Å². The number of aliphatic hydroxyl groups is 1. The van der Waals surface area contributed by atoms with Crippen molar-refractivity contribution in [3.63, 3.8) is 0 Å². The molecular formula is C18H32N4O2. The van der Waals surface area contributed by atoms with Gasteiger partial charge in [0, 0.05) is 32.7 Å². The van der Waals surface area contributed by atoms with Crippen LogP contribution in [-0.4, -0.2) is 84.2 Å². The Morgan fingerprint density at radius 3 is 2.46 bits per heavy atom. The van der Waals surface area contributed by atoms with E-state index in [0.29, 0.717) is 31.5 Å². The van der Waals surface area contributed by atoms with Gasteiger partial charge in [0.1, 0.15) is 6.04 Å². The van der Waals surface area contributed by atoms with E-state index in [-0.39, 0.29) is 18.1 Å². The van der Waals surface area contributed by atoms with Crippen LogP contribution in [0.3, 0.4) is 0 Å². The highest BCUT2D eigenvalue weighted by Crippen LogP contribution is 2.26. The molecule has 0 radical (unpaired) electrons. The Morgan fingerprint density at radius 2 is 1.96 bits per heavy atom. The molecule has 2 fully saturated rings. The van der Waals surface area contributed by atoms with E-state index in [1.807, 2.05) is 16.8 Å². The highest BCUT2D eigenvalue weighted by atomic mass is 16.3. The molecule has 1 saturated heterocycles.